The molecule has 1 heterocycles. The van der Waals surface area contributed by atoms with Crippen molar-refractivity contribution in [1.29, 1.82) is 0 Å². The monoisotopic (exact) mass is 352 g/mol. The summed E-state index contributed by atoms with van der Waals surface area (Å²) in [6, 6.07) is 4.02. The van der Waals surface area contributed by atoms with Gasteiger partial charge in [0.1, 0.15) is 5.69 Å². The highest BCUT2D eigenvalue weighted by Gasteiger charge is 2.32. The molecule has 10 nitrogen and oxygen atoms in total. The van der Waals surface area contributed by atoms with Gasteiger partial charge in [0.15, 0.2) is 0 Å². The van der Waals surface area contributed by atoms with Gasteiger partial charge < -0.3 is 14.5 Å². The van der Waals surface area contributed by atoms with Crippen molar-refractivity contribution >= 4 is 23.2 Å². The largest absolute Gasteiger partial charge is 0.449 e. The number of carbonyl (C=O) groups excluding carboxylic acids is 1. The number of ether oxygens (including phenoxy) is 1. The zero-order valence-electron chi connectivity index (χ0n) is 13.9. The fourth-order valence-corrected chi connectivity index (χ4v) is 2.63. The van der Waals surface area contributed by atoms with Crippen LogP contribution >= 0.6 is 0 Å². The van der Waals surface area contributed by atoms with Crippen LogP contribution in [0.5, 0.6) is 0 Å². The lowest BCUT2D eigenvalue weighted by Crippen LogP contribution is -2.49. The summed E-state index contributed by atoms with van der Waals surface area (Å²) in [5.74, 6) is 0. The highest BCUT2D eigenvalue weighted by atomic mass is 16.6. The molecule has 136 valence electrons. The van der Waals surface area contributed by atoms with Crippen LogP contribution in [0.25, 0.3) is 0 Å². The van der Waals surface area contributed by atoms with Gasteiger partial charge in [0.2, 0.25) is 0 Å². The molecule has 1 amide bonds. The standard InChI is InChI=1S/C15H20N4O6/c1-2-3-11-25-15(20)17-9-7-16(8-10-17)12-5-4-6-13(18(21)22)14(12)19(23)24/h4-6H,2-3,7-11H2,1H3. The Hall–Kier alpha value is -2.91. The van der Waals surface area contributed by atoms with E-state index in [1.165, 1.54) is 17.0 Å². The van der Waals surface area contributed by atoms with Crippen molar-refractivity contribution in [2.45, 2.75) is 19.8 Å². The summed E-state index contributed by atoms with van der Waals surface area (Å²) in [5, 5.41) is 22.3. The number of amides is 1. The summed E-state index contributed by atoms with van der Waals surface area (Å²) in [6.45, 7) is 3.72. The first-order valence-electron chi connectivity index (χ1n) is 8.04. The Kier molecular flexibility index (Phi) is 6.09. The van der Waals surface area contributed by atoms with E-state index in [4.69, 9.17) is 4.74 Å². The summed E-state index contributed by atoms with van der Waals surface area (Å²) >= 11 is 0. The maximum atomic E-state index is 11.9. The van der Waals surface area contributed by atoms with Gasteiger partial charge in [-0.1, -0.05) is 19.4 Å². The molecule has 10 heteroatoms. The average Bonchev–Trinajstić information content (AvgIpc) is 2.61. The van der Waals surface area contributed by atoms with Crippen molar-refractivity contribution in [3.05, 3.63) is 38.4 Å². The molecule has 1 aromatic carbocycles. The first kappa shape index (κ1) is 18.4. The normalized spacial score (nSPS) is 14.3. The van der Waals surface area contributed by atoms with Crippen LogP contribution in [-0.4, -0.2) is 53.6 Å². The minimum atomic E-state index is -0.761. The van der Waals surface area contributed by atoms with Crippen LogP contribution in [0.4, 0.5) is 21.9 Å². The molecule has 0 spiro atoms. The third-order valence-corrected chi connectivity index (χ3v) is 3.97. The zero-order chi connectivity index (χ0) is 18.4. The van der Waals surface area contributed by atoms with Gasteiger partial charge in [0.05, 0.1) is 16.5 Å². The number of nitrogens with zero attached hydrogens (tertiary/aromatic N) is 4. The Bertz CT molecular complexity index is 657. The van der Waals surface area contributed by atoms with E-state index in [1.807, 2.05) is 6.92 Å². The van der Waals surface area contributed by atoms with E-state index in [0.717, 1.165) is 18.9 Å². The van der Waals surface area contributed by atoms with Gasteiger partial charge in [-0.15, -0.1) is 0 Å². The van der Waals surface area contributed by atoms with E-state index in [2.05, 4.69) is 0 Å². The number of para-hydroxylation sites is 1. The molecule has 0 saturated carbocycles. The molecule has 0 unspecified atom stereocenters. The van der Waals surface area contributed by atoms with E-state index in [1.54, 1.807) is 4.90 Å². The number of rotatable bonds is 6. The molecule has 2 rings (SSSR count). The van der Waals surface area contributed by atoms with Gasteiger partial charge in [-0.2, -0.15) is 0 Å². The van der Waals surface area contributed by atoms with Gasteiger partial charge >= 0.3 is 17.5 Å². The van der Waals surface area contributed by atoms with Gasteiger partial charge in [-0.05, 0) is 12.5 Å². The van der Waals surface area contributed by atoms with Crippen molar-refractivity contribution in [1.82, 2.24) is 4.90 Å². The SMILES string of the molecule is CCCCOC(=O)N1CCN(c2cccc([N+](=O)[O-])c2[N+](=O)[O-])CC1. The Morgan fingerprint density at radius 1 is 1.16 bits per heavy atom. The van der Waals surface area contributed by atoms with Gasteiger partial charge in [0, 0.05) is 32.2 Å². The van der Waals surface area contributed by atoms with E-state index in [-0.39, 0.29) is 5.69 Å². The minimum Gasteiger partial charge on any atom is -0.449 e. The number of unbranched alkanes of at least 4 members (excludes halogenated alkanes) is 1. The number of anilines is 1. The number of piperazine rings is 1. The second-order valence-electron chi connectivity index (χ2n) is 5.60. The van der Waals surface area contributed by atoms with Gasteiger partial charge in [-0.25, -0.2) is 4.79 Å². The predicted molar refractivity (Wildman–Crippen MR) is 89.8 cm³/mol. The van der Waals surface area contributed by atoms with Gasteiger partial charge in [-0.3, -0.25) is 20.2 Å². The Labute approximate surface area is 144 Å². The molecule has 0 radical (unpaired) electrons. The summed E-state index contributed by atoms with van der Waals surface area (Å²) < 4.78 is 5.15. The average molecular weight is 352 g/mol. The van der Waals surface area contributed by atoms with Crippen LogP contribution in [0.3, 0.4) is 0 Å². The quantitative estimate of drug-likeness (QED) is 0.438. The molecule has 25 heavy (non-hydrogen) atoms. The third-order valence-electron chi connectivity index (χ3n) is 3.97. The number of hydrogen-bond donors (Lipinski definition) is 0. The van der Waals surface area contributed by atoms with Crippen molar-refractivity contribution in [2.75, 3.05) is 37.7 Å². The lowest BCUT2D eigenvalue weighted by Gasteiger charge is -2.35. The van der Waals surface area contributed by atoms with E-state index in [0.29, 0.717) is 32.8 Å². The highest BCUT2D eigenvalue weighted by Crippen LogP contribution is 2.37. The zero-order valence-corrected chi connectivity index (χ0v) is 13.9. The summed E-state index contributed by atoms with van der Waals surface area (Å²) in [4.78, 5) is 36.0. The van der Waals surface area contributed by atoms with Crippen LogP contribution in [0.2, 0.25) is 0 Å². The molecule has 1 aliphatic heterocycles. The molecular formula is C15H20N4O6. The van der Waals surface area contributed by atoms with Gasteiger partial charge in [0.25, 0.3) is 0 Å². The Morgan fingerprint density at radius 2 is 1.84 bits per heavy atom. The lowest BCUT2D eigenvalue weighted by molar-refractivity contribution is -0.422. The molecule has 1 saturated heterocycles. The van der Waals surface area contributed by atoms with Crippen LogP contribution in [0.1, 0.15) is 19.8 Å². The topological polar surface area (TPSA) is 119 Å². The highest BCUT2D eigenvalue weighted by molar-refractivity contribution is 5.73. The fraction of sp³-hybridized carbons (Fsp3) is 0.533. The second-order valence-corrected chi connectivity index (χ2v) is 5.60. The first-order valence-corrected chi connectivity index (χ1v) is 8.04. The number of nitro groups is 2. The van der Waals surface area contributed by atoms with Crippen molar-refractivity contribution in [3.8, 4) is 0 Å². The summed E-state index contributed by atoms with van der Waals surface area (Å²) in [6.07, 6.45) is 1.32. The van der Waals surface area contributed by atoms with Crippen molar-refractivity contribution in [2.24, 2.45) is 0 Å². The van der Waals surface area contributed by atoms with E-state index >= 15 is 0 Å². The lowest BCUT2D eigenvalue weighted by atomic mass is 10.2. The molecule has 0 atom stereocenters. The maximum absolute atomic E-state index is 11.9. The molecule has 0 aromatic heterocycles. The molecule has 1 aliphatic rings. The summed E-state index contributed by atoms with van der Waals surface area (Å²) in [5.41, 5.74) is -0.867. The van der Waals surface area contributed by atoms with Crippen LogP contribution < -0.4 is 4.90 Å². The van der Waals surface area contributed by atoms with Crippen LogP contribution in [0, 0.1) is 20.2 Å². The molecular weight excluding hydrogens is 332 g/mol. The Balaban J connectivity index is 2.08. The number of benzene rings is 1. The fourth-order valence-electron chi connectivity index (χ4n) is 2.63. The number of carbonyl (C=O) groups is 1. The maximum Gasteiger partial charge on any atom is 0.409 e. The molecule has 0 N–H and O–H groups in total. The van der Waals surface area contributed by atoms with Crippen molar-refractivity contribution < 1.29 is 19.4 Å². The smallest absolute Gasteiger partial charge is 0.409 e. The number of nitro benzene ring substituents is 2. The summed E-state index contributed by atoms with van der Waals surface area (Å²) in [7, 11) is 0. The minimum absolute atomic E-state index is 0.193. The Morgan fingerprint density at radius 3 is 2.40 bits per heavy atom. The van der Waals surface area contributed by atoms with E-state index in [9.17, 15) is 25.0 Å². The molecule has 0 aliphatic carbocycles. The van der Waals surface area contributed by atoms with Crippen molar-refractivity contribution in [3.63, 3.8) is 0 Å². The molecule has 1 aromatic rings. The third kappa shape index (κ3) is 4.34. The molecule has 1 fully saturated rings. The predicted octanol–water partition coefficient (Wildman–Crippen LogP) is 2.56. The second kappa shape index (κ2) is 8.27. The first-order chi connectivity index (χ1) is 12.0. The van der Waals surface area contributed by atoms with E-state index < -0.39 is 27.3 Å². The van der Waals surface area contributed by atoms with Crippen LogP contribution in [0.15, 0.2) is 18.2 Å². The number of hydrogen-bond acceptors (Lipinski definition) is 7. The molecule has 0 bridgehead atoms. The van der Waals surface area contributed by atoms with Crippen LogP contribution in [-0.2, 0) is 4.74 Å².